The van der Waals surface area contributed by atoms with Crippen LogP contribution in [0.4, 0.5) is 18.9 Å². The minimum atomic E-state index is -3.16. The molecule has 5 nitrogen and oxygen atoms in total. The summed E-state index contributed by atoms with van der Waals surface area (Å²) in [7, 11) is 0. The highest BCUT2D eigenvalue weighted by atomic mass is 35.5. The molecule has 0 spiro atoms. The predicted molar refractivity (Wildman–Crippen MR) is 46.0 cm³/mol. The highest BCUT2D eigenvalue weighted by molar-refractivity contribution is 6.68. The van der Waals surface area contributed by atoms with Crippen LogP contribution in [0, 0.1) is 16.1 Å². The van der Waals surface area contributed by atoms with Crippen LogP contribution in [0.2, 0.25) is 0 Å². The molecule has 9 heteroatoms. The molecule has 0 radical (unpaired) electrons. The maximum Gasteiger partial charge on any atom is 0.336 e. The minimum absolute atomic E-state index is 0.390. The summed E-state index contributed by atoms with van der Waals surface area (Å²) in [6.07, 6.45) is -3.16. The number of nitrogens with zero attached hydrogens (tertiary/aromatic N) is 2. The first-order valence-corrected chi connectivity index (χ1v) is 4.05. The lowest BCUT2D eigenvalue weighted by molar-refractivity contribution is -0.388. The fraction of sp³-hybridized carbons (Fsp3) is 0.143. The van der Waals surface area contributed by atoms with E-state index in [4.69, 9.17) is 11.6 Å². The molecule has 0 saturated heterocycles. The summed E-state index contributed by atoms with van der Waals surface area (Å²) < 4.78 is 37.3. The molecule has 0 aromatic carbocycles. The molecule has 0 aliphatic carbocycles. The molecule has 86 valence electrons. The number of hydrogen-bond acceptors (Lipinski definition) is 4. The molecule has 0 unspecified atom stereocenters. The van der Waals surface area contributed by atoms with Gasteiger partial charge in [0.15, 0.2) is 0 Å². The molecule has 0 aliphatic heterocycles. The van der Waals surface area contributed by atoms with Crippen molar-refractivity contribution in [3.05, 3.63) is 33.4 Å². The quantitative estimate of drug-likeness (QED) is 0.359. The van der Waals surface area contributed by atoms with E-state index in [-0.39, 0.29) is 0 Å². The summed E-state index contributed by atoms with van der Waals surface area (Å²) in [5, 5.41) is 8.95. The summed E-state index contributed by atoms with van der Waals surface area (Å²) >= 11 is 4.92. The van der Waals surface area contributed by atoms with Crippen LogP contribution in [0.25, 0.3) is 0 Å². The van der Waals surface area contributed by atoms with E-state index in [1.165, 1.54) is 0 Å². The zero-order chi connectivity index (χ0) is 12.5. The molecule has 1 aromatic heterocycles. The van der Waals surface area contributed by atoms with E-state index in [1.54, 1.807) is 0 Å². The second kappa shape index (κ2) is 4.44. The van der Waals surface area contributed by atoms with Gasteiger partial charge in [0.05, 0.1) is 4.92 Å². The van der Waals surface area contributed by atoms with Gasteiger partial charge in [-0.2, -0.15) is 4.39 Å². The second-order valence-electron chi connectivity index (χ2n) is 2.57. The molecule has 1 aromatic rings. The third-order valence-electron chi connectivity index (χ3n) is 1.59. The van der Waals surface area contributed by atoms with Crippen LogP contribution < -0.4 is 0 Å². The minimum Gasteiger partial charge on any atom is -0.275 e. The molecular formula is C7H2ClF3N2O3. The van der Waals surface area contributed by atoms with Crippen molar-refractivity contribution in [3.8, 4) is 0 Å². The van der Waals surface area contributed by atoms with Gasteiger partial charge in [0.2, 0.25) is 0 Å². The number of carbonyl (C=O) groups is 1. The Morgan fingerprint density at radius 1 is 1.56 bits per heavy atom. The van der Waals surface area contributed by atoms with E-state index in [9.17, 15) is 28.1 Å². The molecule has 0 saturated carbocycles. The first kappa shape index (κ1) is 12.4. The predicted octanol–water partition coefficient (Wildman–Crippen LogP) is 2.45. The van der Waals surface area contributed by atoms with Gasteiger partial charge in [-0.25, -0.2) is 13.8 Å². The Hall–Kier alpha value is -1.70. The summed E-state index contributed by atoms with van der Waals surface area (Å²) in [5.74, 6) is -1.77. The molecule has 0 aliphatic rings. The van der Waals surface area contributed by atoms with Gasteiger partial charge in [-0.05, 0) is 17.7 Å². The monoisotopic (exact) mass is 254 g/mol. The summed E-state index contributed by atoms with van der Waals surface area (Å²) in [6, 6.07) is 0.390. The molecule has 0 atom stereocenters. The third-order valence-corrected chi connectivity index (χ3v) is 1.79. The standard InChI is InChI=1S/C7H2ClF3N2O3/c8-5(14)2-1-3(6(9)10)12-7(11)4(2)13(15)16/h1,6H. The van der Waals surface area contributed by atoms with Crippen molar-refractivity contribution in [1.29, 1.82) is 0 Å². The number of alkyl halides is 2. The van der Waals surface area contributed by atoms with E-state index in [1.807, 2.05) is 0 Å². The number of aromatic nitrogens is 1. The van der Waals surface area contributed by atoms with Gasteiger partial charge in [0, 0.05) is 0 Å². The Bertz CT molecular complexity index is 466. The Morgan fingerprint density at radius 3 is 2.50 bits per heavy atom. The van der Waals surface area contributed by atoms with Crippen molar-refractivity contribution in [1.82, 2.24) is 4.98 Å². The molecule has 0 N–H and O–H groups in total. The first-order chi connectivity index (χ1) is 7.34. The third kappa shape index (κ3) is 2.27. The highest BCUT2D eigenvalue weighted by Gasteiger charge is 2.28. The van der Waals surface area contributed by atoms with E-state index in [0.717, 1.165) is 0 Å². The van der Waals surface area contributed by atoms with Gasteiger partial charge in [0.25, 0.3) is 17.6 Å². The molecule has 1 rings (SSSR count). The van der Waals surface area contributed by atoms with E-state index in [2.05, 4.69) is 4.98 Å². The lowest BCUT2D eigenvalue weighted by Crippen LogP contribution is -2.06. The summed E-state index contributed by atoms with van der Waals surface area (Å²) in [6.45, 7) is 0. The second-order valence-corrected chi connectivity index (χ2v) is 2.91. The molecule has 1 heterocycles. The van der Waals surface area contributed by atoms with Gasteiger partial charge in [0.1, 0.15) is 11.3 Å². The number of rotatable bonds is 3. The van der Waals surface area contributed by atoms with Crippen molar-refractivity contribution in [2.45, 2.75) is 6.43 Å². The van der Waals surface area contributed by atoms with Crippen molar-refractivity contribution < 1.29 is 22.9 Å². The Labute approximate surface area is 91.0 Å². The zero-order valence-corrected chi connectivity index (χ0v) is 8.04. The Balaban J connectivity index is 3.52. The van der Waals surface area contributed by atoms with Gasteiger partial charge in [-0.1, -0.05) is 0 Å². The number of nitro groups is 1. The van der Waals surface area contributed by atoms with Gasteiger partial charge in [-0.3, -0.25) is 14.9 Å². The van der Waals surface area contributed by atoms with Gasteiger partial charge >= 0.3 is 5.69 Å². The fourth-order valence-corrected chi connectivity index (χ4v) is 1.11. The smallest absolute Gasteiger partial charge is 0.275 e. The normalized spacial score (nSPS) is 10.6. The maximum absolute atomic E-state index is 13.0. The van der Waals surface area contributed by atoms with Crippen LogP contribution >= 0.6 is 11.6 Å². The fourth-order valence-electron chi connectivity index (χ4n) is 0.961. The maximum atomic E-state index is 13.0. The van der Waals surface area contributed by atoms with Crippen molar-refractivity contribution in [2.75, 3.05) is 0 Å². The van der Waals surface area contributed by atoms with Crippen LogP contribution in [-0.4, -0.2) is 15.1 Å². The lowest BCUT2D eigenvalue weighted by atomic mass is 10.2. The number of pyridine rings is 1. The number of halogens is 4. The van der Waals surface area contributed by atoms with E-state index >= 15 is 0 Å². The van der Waals surface area contributed by atoms with Crippen molar-refractivity contribution in [3.63, 3.8) is 0 Å². The summed E-state index contributed by atoms with van der Waals surface area (Å²) in [5.41, 5.74) is -3.36. The average molecular weight is 255 g/mol. The van der Waals surface area contributed by atoms with Crippen LogP contribution in [0.5, 0.6) is 0 Å². The summed E-state index contributed by atoms with van der Waals surface area (Å²) in [4.78, 5) is 22.5. The zero-order valence-electron chi connectivity index (χ0n) is 7.29. The highest BCUT2D eigenvalue weighted by Crippen LogP contribution is 2.27. The van der Waals surface area contributed by atoms with E-state index < -0.39 is 39.5 Å². The van der Waals surface area contributed by atoms with Crippen LogP contribution in [0.1, 0.15) is 22.5 Å². The van der Waals surface area contributed by atoms with E-state index in [0.29, 0.717) is 6.07 Å². The van der Waals surface area contributed by atoms with Crippen molar-refractivity contribution in [2.24, 2.45) is 0 Å². The van der Waals surface area contributed by atoms with Crippen LogP contribution in [0.3, 0.4) is 0 Å². The first-order valence-electron chi connectivity index (χ1n) is 3.67. The van der Waals surface area contributed by atoms with Gasteiger partial charge < -0.3 is 0 Å². The molecule has 0 amide bonds. The average Bonchev–Trinajstić information content (AvgIpc) is 2.15. The number of carbonyl (C=O) groups excluding carboxylic acids is 1. The lowest BCUT2D eigenvalue weighted by Gasteiger charge is -2.02. The number of hydrogen-bond donors (Lipinski definition) is 0. The molecule has 16 heavy (non-hydrogen) atoms. The molecule has 0 bridgehead atoms. The van der Waals surface area contributed by atoms with Crippen LogP contribution in [-0.2, 0) is 0 Å². The Kier molecular flexibility index (Phi) is 3.43. The van der Waals surface area contributed by atoms with Crippen molar-refractivity contribution >= 4 is 22.5 Å². The molecular weight excluding hydrogens is 253 g/mol. The Morgan fingerprint density at radius 2 is 2.12 bits per heavy atom. The van der Waals surface area contributed by atoms with Gasteiger partial charge in [-0.15, -0.1) is 0 Å². The SMILES string of the molecule is O=C(Cl)c1cc(C(F)F)nc(F)c1[N+](=O)[O-]. The van der Waals surface area contributed by atoms with Crippen LogP contribution in [0.15, 0.2) is 6.07 Å². The largest absolute Gasteiger partial charge is 0.336 e. The molecule has 0 fully saturated rings. The topological polar surface area (TPSA) is 73.1 Å².